The molecule has 1 aliphatic rings. The molecular formula is C13H27NO3S. The van der Waals surface area contributed by atoms with E-state index in [-0.39, 0.29) is 17.0 Å². The highest BCUT2D eigenvalue weighted by Crippen LogP contribution is 2.38. The molecule has 0 aliphatic heterocycles. The lowest BCUT2D eigenvalue weighted by molar-refractivity contribution is -0.00799. The van der Waals surface area contributed by atoms with Crippen LogP contribution in [-0.4, -0.2) is 55.7 Å². The molecule has 0 heterocycles. The van der Waals surface area contributed by atoms with Crippen molar-refractivity contribution >= 4 is 9.84 Å². The maximum absolute atomic E-state index is 11.4. The van der Waals surface area contributed by atoms with E-state index >= 15 is 0 Å². The third-order valence-electron chi connectivity index (χ3n) is 4.35. The number of likely N-dealkylation sites (N-methyl/N-ethyl adjacent to an activating group) is 1. The minimum Gasteiger partial charge on any atom is -0.391 e. The van der Waals surface area contributed by atoms with Crippen LogP contribution in [0.4, 0.5) is 0 Å². The second kappa shape index (κ2) is 6.35. The summed E-state index contributed by atoms with van der Waals surface area (Å²) in [6.45, 7) is 1.67. The Hall–Kier alpha value is -0.130. The van der Waals surface area contributed by atoms with Gasteiger partial charge in [-0.1, -0.05) is 19.8 Å². The highest BCUT2D eigenvalue weighted by molar-refractivity contribution is 7.91. The van der Waals surface area contributed by atoms with Crippen LogP contribution in [0.1, 0.15) is 45.4 Å². The number of aliphatic hydroxyl groups is 1. The fourth-order valence-corrected chi connectivity index (χ4v) is 3.87. The second-order valence-corrected chi connectivity index (χ2v) is 8.07. The van der Waals surface area contributed by atoms with E-state index in [1.807, 2.05) is 14.1 Å². The van der Waals surface area contributed by atoms with E-state index in [0.717, 1.165) is 25.7 Å². The smallest absolute Gasteiger partial charge is 0.150 e. The summed E-state index contributed by atoms with van der Waals surface area (Å²) in [6.07, 6.45) is 5.07. The first-order valence-electron chi connectivity index (χ1n) is 6.90. The summed E-state index contributed by atoms with van der Waals surface area (Å²) in [5, 5.41) is 10.4. The highest BCUT2D eigenvalue weighted by Gasteiger charge is 2.42. The molecule has 1 rings (SSSR count). The van der Waals surface area contributed by atoms with Gasteiger partial charge in [0, 0.05) is 11.3 Å². The lowest BCUT2D eigenvalue weighted by atomic mass is 9.86. The first kappa shape index (κ1) is 15.9. The molecule has 1 aliphatic carbocycles. The summed E-state index contributed by atoms with van der Waals surface area (Å²) in [4.78, 5) is 2.12. The number of hydrogen-bond acceptors (Lipinski definition) is 4. The molecule has 0 aromatic rings. The lowest BCUT2D eigenvalue weighted by Crippen LogP contribution is -2.51. The Labute approximate surface area is 111 Å². The van der Waals surface area contributed by atoms with E-state index in [0.29, 0.717) is 12.8 Å². The van der Waals surface area contributed by atoms with Crippen molar-refractivity contribution in [2.24, 2.45) is 0 Å². The van der Waals surface area contributed by atoms with Crippen LogP contribution in [0.3, 0.4) is 0 Å². The standard InChI is InChI=1S/C13H27NO3S/c1-4-18(16,17)11-7-8-12(15)13(14(2)3)9-5-6-10-13/h12,15H,4-11H2,1-3H3. The van der Waals surface area contributed by atoms with Gasteiger partial charge in [-0.2, -0.15) is 0 Å². The van der Waals surface area contributed by atoms with Crippen molar-refractivity contribution in [2.75, 3.05) is 25.6 Å². The van der Waals surface area contributed by atoms with Crippen molar-refractivity contribution in [3.63, 3.8) is 0 Å². The van der Waals surface area contributed by atoms with Gasteiger partial charge < -0.3 is 10.0 Å². The summed E-state index contributed by atoms with van der Waals surface area (Å²) in [5.41, 5.74) is -0.129. The molecule has 5 heteroatoms. The topological polar surface area (TPSA) is 57.6 Å². The highest BCUT2D eigenvalue weighted by atomic mass is 32.2. The normalized spacial score (nSPS) is 21.4. The molecule has 1 saturated carbocycles. The first-order chi connectivity index (χ1) is 8.34. The molecule has 0 radical (unpaired) electrons. The van der Waals surface area contributed by atoms with Gasteiger partial charge in [0.25, 0.3) is 0 Å². The molecule has 1 atom stereocenters. The molecule has 18 heavy (non-hydrogen) atoms. The van der Waals surface area contributed by atoms with Crippen LogP contribution in [-0.2, 0) is 9.84 Å². The van der Waals surface area contributed by atoms with E-state index in [2.05, 4.69) is 4.90 Å². The average molecular weight is 277 g/mol. The minimum absolute atomic E-state index is 0.129. The maximum atomic E-state index is 11.4. The van der Waals surface area contributed by atoms with E-state index in [9.17, 15) is 13.5 Å². The van der Waals surface area contributed by atoms with Crippen LogP contribution in [0.2, 0.25) is 0 Å². The number of nitrogens with zero attached hydrogens (tertiary/aromatic N) is 1. The van der Waals surface area contributed by atoms with Crippen molar-refractivity contribution in [3.8, 4) is 0 Å². The Kier molecular flexibility index (Phi) is 5.62. The Bertz CT molecular complexity index is 345. The monoisotopic (exact) mass is 277 g/mol. The molecular weight excluding hydrogens is 250 g/mol. The maximum Gasteiger partial charge on any atom is 0.150 e. The zero-order valence-electron chi connectivity index (χ0n) is 11.9. The van der Waals surface area contributed by atoms with Crippen molar-refractivity contribution in [1.82, 2.24) is 4.90 Å². The lowest BCUT2D eigenvalue weighted by Gasteiger charge is -2.40. The third-order valence-corrected chi connectivity index (χ3v) is 6.14. The molecule has 4 nitrogen and oxygen atoms in total. The predicted octanol–water partition coefficient (Wildman–Crippen LogP) is 1.44. The Balaban J connectivity index is 2.51. The summed E-state index contributed by atoms with van der Waals surface area (Å²) in [7, 11) is 1.12. The molecule has 1 fully saturated rings. The molecule has 108 valence electrons. The van der Waals surface area contributed by atoms with Crippen LogP contribution in [0.5, 0.6) is 0 Å². The van der Waals surface area contributed by atoms with Gasteiger partial charge in [-0.3, -0.25) is 0 Å². The average Bonchev–Trinajstić information content (AvgIpc) is 2.79. The van der Waals surface area contributed by atoms with Crippen LogP contribution in [0.25, 0.3) is 0 Å². The van der Waals surface area contributed by atoms with Crippen molar-refractivity contribution in [2.45, 2.75) is 57.1 Å². The van der Waals surface area contributed by atoms with Crippen molar-refractivity contribution < 1.29 is 13.5 Å². The Morgan fingerprint density at radius 3 is 2.28 bits per heavy atom. The third kappa shape index (κ3) is 3.68. The summed E-state index contributed by atoms with van der Waals surface area (Å²) in [5.74, 6) is 0.395. The van der Waals surface area contributed by atoms with Crippen LogP contribution in [0, 0.1) is 0 Å². The summed E-state index contributed by atoms with van der Waals surface area (Å²) in [6, 6.07) is 0. The fraction of sp³-hybridized carbons (Fsp3) is 1.00. The molecule has 1 unspecified atom stereocenters. The minimum atomic E-state index is -2.90. The zero-order valence-corrected chi connectivity index (χ0v) is 12.7. The SMILES string of the molecule is CCS(=O)(=O)CCCC(O)C1(N(C)C)CCCC1. The molecule has 1 N–H and O–H groups in total. The molecule has 0 saturated heterocycles. The number of aliphatic hydroxyl groups excluding tert-OH is 1. The van der Waals surface area contributed by atoms with Gasteiger partial charge in [-0.25, -0.2) is 8.42 Å². The fourth-order valence-electron chi connectivity index (χ4n) is 2.98. The van der Waals surface area contributed by atoms with Crippen LogP contribution >= 0.6 is 0 Å². The number of hydrogen-bond donors (Lipinski definition) is 1. The summed E-state index contributed by atoms with van der Waals surface area (Å²) < 4.78 is 22.8. The first-order valence-corrected chi connectivity index (χ1v) is 8.72. The van der Waals surface area contributed by atoms with Gasteiger partial charge in [-0.15, -0.1) is 0 Å². The molecule has 0 amide bonds. The van der Waals surface area contributed by atoms with Gasteiger partial charge in [0.2, 0.25) is 0 Å². The van der Waals surface area contributed by atoms with Crippen molar-refractivity contribution in [3.05, 3.63) is 0 Å². The quantitative estimate of drug-likeness (QED) is 0.765. The second-order valence-electron chi connectivity index (χ2n) is 5.60. The van der Waals surface area contributed by atoms with Gasteiger partial charge in [0.1, 0.15) is 9.84 Å². The van der Waals surface area contributed by atoms with Crippen molar-refractivity contribution in [1.29, 1.82) is 0 Å². The molecule has 0 bridgehead atoms. The number of rotatable bonds is 7. The molecule has 0 aromatic carbocycles. The zero-order chi connectivity index (χ0) is 13.8. The van der Waals surface area contributed by atoms with Gasteiger partial charge in [0.05, 0.1) is 11.9 Å². The van der Waals surface area contributed by atoms with Gasteiger partial charge in [0.15, 0.2) is 0 Å². The van der Waals surface area contributed by atoms with E-state index in [1.54, 1.807) is 6.92 Å². The van der Waals surface area contributed by atoms with Crippen LogP contribution in [0.15, 0.2) is 0 Å². The Morgan fingerprint density at radius 1 is 1.28 bits per heavy atom. The van der Waals surface area contributed by atoms with E-state index in [1.165, 1.54) is 0 Å². The number of sulfone groups is 1. The predicted molar refractivity (Wildman–Crippen MR) is 74.5 cm³/mol. The largest absolute Gasteiger partial charge is 0.391 e. The van der Waals surface area contributed by atoms with E-state index in [4.69, 9.17) is 0 Å². The van der Waals surface area contributed by atoms with Gasteiger partial charge >= 0.3 is 0 Å². The molecule has 0 aromatic heterocycles. The van der Waals surface area contributed by atoms with E-state index < -0.39 is 15.9 Å². The Morgan fingerprint density at radius 2 is 1.83 bits per heavy atom. The molecule has 0 spiro atoms. The van der Waals surface area contributed by atoms with Crippen LogP contribution < -0.4 is 0 Å². The summed E-state index contributed by atoms with van der Waals surface area (Å²) >= 11 is 0. The van der Waals surface area contributed by atoms with Gasteiger partial charge in [-0.05, 0) is 39.8 Å².